The average Bonchev–Trinajstić information content (AvgIpc) is 2.75. The molecule has 0 spiro atoms. The molecule has 1 atom stereocenters. The SMILES string of the molecule is COc1ccc(N2CCC(NC(=O)C(C)Oc3cc(C(C)C)ccc3C)CC2)cc1. The van der Waals surface area contributed by atoms with E-state index < -0.39 is 6.10 Å². The van der Waals surface area contributed by atoms with Gasteiger partial charge < -0.3 is 19.7 Å². The Labute approximate surface area is 180 Å². The van der Waals surface area contributed by atoms with Crippen LogP contribution in [0.2, 0.25) is 0 Å². The van der Waals surface area contributed by atoms with E-state index in [4.69, 9.17) is 9.47 Å². The van der Waals surface area contributed by atoms with Crippen molar-refractivity contribution in [3.8, 4) is 11.5 Å². The summed E-state index contributed by atoms with van der Waals surface area (Å²) in [6.45, 7) is 9.98. The lowest BCUT2D eigenvalue weighted by molar-refractivity contribution is -0.128. The zero-order valence-electron chi connectivity index (χ0n) is 18.8. The Morgan fingerprint density at radius 1 is 1.07 bits per heavy atom. The fraction of sp³-hybridized carbons (Fsp3) is 0.480. The van der Waals surface area contributed by atoms with Gasteiger partial charge >= 0.3 is 0 Å². The molecule has 1 amide bonds. The molecule has 0 saturated carbocycles. The fourth-order valence-electron chi connectivity index (χ4n) is 3.74. The predicted molar refractivity (Wildman–Crippen MR) is 122 cm³/mol. The van der Waals surface area contributed by atoms with Crippen molar-refractivity contribution < 1.29 is 14.3 Å². The van der Waals surface area contributed by atoms with Gasteiger partial charge in [-0.15, -0.1) is 0 Å². The number of nitrogens with one attached hydrogen (secondary N) is 1. The van der Waals surface area contributed by atoms with Gasteiger partial charge in [0.05, 0.1) is 7.11 Å². The maximum absolute atomic E-state index is 12.7. The Bertz CT molecular complexity index is 840. The fourth-order valence-corrected chi connectivity index (χ4v) is 3.74. The molecule has 1 fully saturated rings. The van der Waals surface area contributed by atoms with Crippen molar-refractivity contribution in [3.05, 3.63) is 53.6 Å². The molecule has 0 bridgehead atoms. The number of methoxy groups -OCH3 is 1. The van der Waals surface area contributed by atoms with E-state index in [0.29, 0.717) is 5.92 Å². The van der Waals surface area contributed by atoms with E-state index in [-0.39, 0.29) is 11.9 Å². The van der Waals surface area contributed by atoms with E-state index in [2.05, 4.69) is 54.4 Å². The normalized spacial score (nSPS) is 15.7. The number of hydrogen-bond acceptors (Lipinski definition) is 4. The highest BCUT2D eigenvalue weighted by molar-refractivity contribution is 5.81. The van der Waals surface area contributed by atoms with Crippen molar-refractivity contribution in [2.24, 2.45) is 0 Å². The summed E-state index contributed by atoms with van der Waals surface area (Å²) in [6.07, 6.45) is 1.32. The number of anilines is 1. The van der Waals surface area contributed by atoms with E-state index in [0.717, 1.165) is 43.0 Å². The summed E-state index contributed by atoms with van der Waals surface area (Å²) in [6, 6.07) is 14.6. The molecule has 0 aromatic heterocycles. The third kappa shape index (κ3) is 5.47. The van der Waals surface area contributed by atoms with Crippen LogP contribution in [-0.2, 0) is 4.79 Å². The molecule has 1 heterocycles. The Morgan fingerprint density at radius 2 is 1.73 bits per heavy atom. The number of amides is 1. The number of benzene rings is 2. The summed E-state index contributed by atoms with van der Waals surface area (Å²) >= 11 is 0. The summed E-state index contributed by atoms with van der Waals surface area (Å²) in [5.74, 6) is 2.03. The van der Waals surface area contributed by atoms with Gasteiger partial charge in [0.25, 0.3) is 5.91 Å². The Balaban J connectivity index is 1.51. The average molecular weight is 411 g/mol. The van der Waals surface area contributed by atoms with Gasteiger partial charge in [-0.25, -0.2) is 0 Å². The van der Waals surface area contributed by atoms with Gasteiger partial charge in [0.2, 0.25) is 0 Å². The van der Waals surface area contributed by atoms with Crippen molar-refractivity contribution in [2.75, 3.05) is 25.1 Å². The molecule has 2 aromatic rings. The topological polar surface area (TPSA) is 50.8 Å². The quantitative estimate of drug-likeness (QED) is 0.720. The number of carbonyl (C=O) groups excluding carboxylic acids is 1. The summed E-state index contributed by atoms with van der Waals surface area (Å²) in [7, 11) is 1.68. The van der Waals surface area contributed by atoms with Crippen LogP contribution >= 0.6 is 0 Å². The zero-order chi connectivity index (χ0) is 21.7. The van der Waals surface area contributed by atoms with Crippen LogP contribution in [0.3, 0.4) is 0 Å². The standard InChI is InChI=1S/C25H34N2O3/c1-17(2)20-7-6-18(3)24(16-20)30-19(4)25(28)26-21-12-14-27(15-13-21)22-8-10-23(29-5)11-9-22/h6-11,16-17,19,21H,12-15H2,1-5H3,(H,26,28). The highest BCUT2D eigenvalue weighted by Gasteiger charge is 2.24. The number of carbonyl (C=O) groups is 1. The second-order valence-corrected chi connectivity index (χ2v) is 8.41. The second kappa shape index (κ2) is 9.88. The summed E-state index contributed by atoms with van der Waals surface area (Å²) in [5, 5.41) is 3.18. The maximum Gasteiger partial charge on any atom is 0.260 e. The monoisotopic (exact) mass is 410 g/mol. The molecule has 5 nitrogen and oxygen atoms in total. The highest BCUT2D eigenvalue weighted by Crippen LogP contribution is 2.26. The van der Waals surface area contributed by atoms with Gasteiger partial charge in [0, 0.05) is 24.8 Å². The van der Waals surface area contributed by atoms with Gasteiger partial charge in [0.1, 0.15) is 11.5 Å². The van der Waals surface area contributed by atoms with Gasteiger partial charge in [-0.05, 0) is 74.1 Å². The summed E-state index contributed by atoms with van der Waals surface area (Å²) in [4.78, 5) is 15.1. The van der Waals surface area contributed by atoms with Gasteiger partial charge in [0.15, 0.2) is 6.10 Å². The summed E-state index contributed by atoms with van der Waals surface area (Å²) in [5.41, 5.74) is 3.46. The Kier molecular flexibility index (Phi) is 7.24. The molecule has 0 radical (unpaired) electrons. The van der Waals surface area contributed by atoms with Crippen LogP contribution in [0.5, 0.6) is 11.5 Å². The molecule has 1 N–H and O–H groups in total. The molecule has 1 aliphatic heterocycles. The van der Waals surface area contributed by atoms with Gasteiger partial charge in [-0.2, -0.15) is 0 Å². The first-order valence-corrected chi connectivity index (χ1v) is 10.8. The van der Waals surface area contributed by atoms with Crippen molar-refractivity contribution in [1.82, 2.24) is 5.32 Å². The third-order valence-electron chi connectivity index (χ3n) is 5.83. The number of piperidine rings is 1. The lowest BCUT2D eigenvalue weighted by Crippen LogP contribution is -2.48. The molecule has 162 valence electrons. The predicted octanol–water partition coefficient (Wildman–Crippen LogP) is 4.68. The Hall–Kier alpha value is -2.69. The number of rotatable bonds is 7. The minimum Gasteiger partial charge on any atom is -0.497 e. The van der Waals surface area contributed by atoms with Crippen molar-refractivity contribution in [3.63, 3.8) is 0 Å². The van der Waals surface area contributed by atoms with Crippen LogP contribution in [0.25, 0.3) is 0 Å². The van der Waals surface area contributed by atoms with E-state index in [9.17, 15) is 4.79 Å². The number of nitrogens with zero attached hydrogens (tertiary/aromatic N) is 1. The second-order valence-electron chi connectivity index (χ2n) is 8.41. The van der Waals surface area contributed by atoms with Crippen LogP contribution in [0, 0.1) is 6.92 Å². The molecule has 0 aliphatic carbocycles. The third-order valence-corrected chi connectivity index (χ3v) is 5.83. The summed E-state index contributed by atoms with van der Waals surface area (Å²) < 4.78 is 11.2. The van der Waals surface area contributed by atoms with Crippen molar-refractivity contribution in [2.45, 2.75) is 58.6 Å². The lowest BCUT2D eigenvalue weighted by atomic mass is 10.0. The highest BCUT2D eigenvalue weighted by atomic mass is 16.5. The molecule has 3 rings (SSSR count). The zero-order valence-corrected chi connectivity index (χ0v) is 18.8. The van der Waals surface area contributed by atoms with Gasteiger partial charge in [-0.1, -0.05) is 26.0 Å². The number of ether oxygens (including phenoxy) is 2. The van der Waals surface area contributed by atoms with Crippen LogP contribution in [0.1, 0.15) is 50.7 Å². The number of aryl methyl sites for hydroxylation is 1. The lowest BCUT2D eigenvalue weighted by Gasteiger charge is -2.34. The van der Waals surface area contributed by atoms with E-state index in [1.54, 1.807) is 7.11 Å². The molecule has 1 unspecified atom stereocenters. The van der Waals surface area contributed by atoms with Crippen LogP contribution < -0.4 is 19.7 Å². The van der Waals surface area contributed by atoms with E-state index in [1.165, 1.54) is 11.3 Å². The Morgan fingerprint density at radius 3 is 2.33 bits per heavy atom. The first-order chi connectivity index (χ1) is 14.4. The first kappa shape index (κ1) is 22.0. The van der Waals surface area contributed by atoms with Crippen LogP contribution in [-0.4, -0.2) is 38.3 Å². The van der Waals surface area contributed by atoms with E-state index >= 15 is 0 Å². The van der Waals surface area contributed by atoms with E-state index in [1.807, 2.05) is 26.0 Å². The molecule has 2 aromatic carbocycles. The van der Waals surface area contributed by atoms with Crippen molar-refractivity contribution >= 4 is 11.6 Å². The van der Waals surface area contributed by atoms with Crippen LogP contribution in [0.4, 0.5) is 5.69 Å². The van der Waals surface area contributed by atoms with Crippen LogP contribution in [0.15, 0.2) is 42.5 Å². The molecule has 1 aliphatic rings. The largest absolute Gasteiger partial charge is 0.497 e. The smallest absolute Gasteiger partial charge is 0.260 e. The molecule has 1 saturated heterocycles. The number of hydrogen-bond donors (Lipinski definition) is 1. The molecule has 30 heavy (non-hydrogen) atoms. The first-order valence-electron chi connectivity index (χ1n) is 10.8. The minimum absolute atomic E-state index is 0.0488. The molecule has 5 heteroatoms. The van der Waals surface area contributed by atoms with Crippen molar-refractivity contribution in [1.29, 1.82) is 0 Å². The molecular formula is C25H34N2O3. The maximum atomic E-state index is 12.7. The van der Waals surface area contributed by atoms with Gasteiger partial charge in [-0.3, -0.25) is 4.79 Å². The minimum atomic E-state index is -0.522. The molecular weight excluding hydrogens is 376 g/mol.